The van der Waals surface area contributed by atoms with Gasteiger partial charge in [0.25, 0.3) is 0 Å². The van der Waals surface area contributed by atoms with Crippen molar-refractivity contribution < 1.29 is 22.4 Å². The predicted molar refractivity (Wildman–Crippen MR) is 112 cm³/mol. The summed E-state index contributed by atoms with van der Waals surface area (Å²) in [7, 11) is 0. The van der Waals surface area contributed by atoms with Crippen LogP contribution in [-0.4, -0.2) is 50.2 Å². The molecule has 0 radical (unpaired) electrons. The highest BCUT2D eigenvalue weighted by Gasteiger charge is 2.44. The Morgan fingerprint density at radius 3 is 2.61 bits per heavy atom. The van der Waals surface area contributed by atoms with Crippen LogP contribution in [0.2, 0.25) is 5.02 Å². The molecule has 176 valence electrons. The summed E-state index contributed by atoms with van der Waals surface area (Å²) in [5, 5.41) is 11.5. The zero-order valence-corrected chi connectivity index (χ0v) is 18.3. The van der Waals surface area contributed by atoms with Crippen molar-refractivity contribution in [3.05, 3.63) is 35.1 Å². The smallest absolute Gasteiger partial charge is 0.408 e. The van der Waals surface area contributed by atoms with Crippen LogP contribution < -0.4 is 15.0 Å². The standard InChI is InChI=1S/C20H21ClF3N7O2/c1-11-25-18(33-29-11)30-8-12-5-6-13(9-30)16(12)26-17-27-19(31(28-17)10-20(22,23)24)32-15-4-2-3-14(21)7-15/h2-4,7,12-13,16H,5-6,8-10H2,1H3,(H,26,28)/t12-,13+,16?. The summed E-state index contributed by atoms with van der Waals surface area (Å²) in [6.07, 6.45) is -2.54. The molecule has 13 heteroatoms. The summed E-state index contributed by atoms with van der Waals surface area (Å²) in [6, 6.07) is 6.61. The normalized spacial score (nSPS) is 22.6. The molecule has 1 N–H and O–H groups in total. The molecule has 9 nitrogen and oxygen atoms in total. The fourth-order valence-electron chi connectivity index (χ4n) is 4.55. The Labute approximate surface area is 191 Å². The van der Waals surface area contributed by atoms with Crippen LogP contribution in [0, 0.1) is 18.8 Å². The van der Waals surface area contributed by atoms with E-state index in [1.165, 1.54) is 6.07 Å². The first-order valence-corrected chi connectivity index (χ1v) is 10.9. The van der Waals surface area contributed by atoms with Crippen LogP contribution in [0.15, 0.2) is 28.8 Å². The van der Waals surface area contributed by atoms with Crippen molar-refractivity contribution in [2.24, 2.45) is 11.8 Å². The zero-order valence-electron chi connectivity index (χ0n) is 17.6. The first-order chi connectivity index (χ1) is 15.7. The number of hydrogen-bond donors (Lipinski definition) is 1. The highest BCUT2D eigenvalue weighted by atomic mass is 35.5. The van der Waals surface area contributed by atoms with E-state index < -0.39 is 12.7 Å². The Balaban J connectivity index is 1.34. The van der Waals surface area contributed by atoms with Gasteiger partial charge in [0.15, 0.2) is 5.82 Å². The number of anilines is 2. The molecule has 0 spiro atoms. The van der Waals surface area contributed by atoms with Crippen LogP contribution in [0.3, 0.4) is 0 Å². The van der Waals surface area contributed by atoms with Gasteiger partial charge < -0.3 is 19.5 Å². The maximum absolute atomic E-state index is 13.1. The number of alkyl halides is 3. The van der Waals surface area contributed by atoms with Gasteiger partial charge in [-0.3, -0.25) is 0 Å². The molecule has 3 atom stereocenters. The van der Waals surface area contributed by atoms with Crippen molar-refractivity contribution in [1.29, 1.82) is 0 Å². The van der Waals surface area contributed by atoms with Crippen molar-refractivity contribution in [2.75, 3.05) is 23.3 Å². The van der Waals surface area contributed by atoms with Gasteiger partial charge in [0, 0.05) is 24.2 Å². The van der Waals surface area contributed by atoms with Crippen molar-refractivity contribution in [1.82, 2.24) is 24.9 Å². The number of piperidine rings is 1. The molecule has 2 bridgehead atoms. The number of hydrogen-bond acceptors (Lipinski definition) is 8. The third-order valence-corrected chi connectivity index (χ3v) is 6.12. The van der Waals surface area contributed by atoms with Crippen LogP contribution >= 0.6 is 11.6 Å². The van der Waals surface area contributed by atoms with Gasteiger partial charge in [-0.15, -0.1) is 5.10 Å². The SMILES string of the molecule is Cc1noc(N2C[C@H]3CC[C@@H](C2)C3Nc2nc(Oc3cccc(Cl)c3)n(CC(F)(F)F)n2)n1. The minimum absolute atomic E-state index is 0.0195. The number of benzene rings is 1. The number of halogens is 4. The Morgan fingerprint density at radius 2 is 1.97 bits per heavy atom. The van der Waals surface area contributed by atoms with Crippen molar-refractivity contribution >= 4 is 23.6 Å². The molecule has 3 heterocycles. The van der Waals surface area contributed by atoms with Crippen molar-refractivity contribution in [3.63, 3.8) is 0 Å². The fourth-order valence-corrected chi connectivity index (χ4v) is 4.73. The Bertz CT molecular complexity index is 1120. The zero-order chi connectivity index (χ0) is 23.2. The van der Waals surface area contributed by atoms with Gasteiger partial charge in [0.05, 0.1) is 0 Å². The molecule has 2 fully saturated rings. The Morgan fingerprint density at radius 1 is 1.21 bits per heavy atom. The number of ether oxygens (including phenoxy) is 1. The quantitative estimate of drug-likeness (QED) is 0.554. The lowest BCUT2D eigenvalue weighted by Crippen LogP contribution is -2.48. The first kappa shape index (κ1) is 21.8. The number of aryl methyl sites for hydroxylation is 1. The van der Waals surface area contributed by atoms with Crippen molar-refractivity contribution in [2.45, 2.75) is 38.5 Å². The summed E-state index contributed by atoms with van der Waals surface area (Å²) in [4.78, 5) is 10.6. The fraction of sp³-hybridized carbons (Fsp3) is 0.500. The maximum atomic E-state index is 13.1. The molecule has 1 unspecified atom stereocenters. The Kier molecular flexibility index (Phi) is 5.55. The molecule has 5 rings (SSSR count). The molecule has 1 aliphatic carbocycles. The lowest BCUT2D eigenvalue weighted by atomic mass is 9.92. The highest BCUT2D eigenvalue weighted by Crippen LogP contribution is 2.40. The molecule has 2 aliphatic rings. The van der Waals surface area contributed by atoms with Gasteiger partial charge in [-0.05, 0) is 49.8 Å². The minimum Gasteiger partial charge on any atom is -0.424 e. The number of fused-ring (bicyclic) bond motifs is 2. The van der Waals surface area contributed by atoms with E-state index in [-0.39, 0.29) is 35.6 Å². The summed E-state index contributed by atoms with van der Waals surface area (Å²) >= 11 is 5.95. The highest BCUT2D eigenvalue weighted by molar-refractivity contribution is 6.30. The average Bonchev–Trinajstić information content (AvgIpc) is 3.37. The second kappa shape index (κ2) is 8.40. The van der Waals surface area contributed by atoms with E-state index in [4.69, 9.17) is 20.9 Å². The van der Waals surface area contributed by atoms with Crippen molar-refractivity contribution in [3.8, 4) is 11.8 Å². The molecule has 1 saturated carbocycles. The molecule has 33 heavy (non-hydrogen) atoms. The van der Waals surface area contributed by atoms with Gasteiger partial charge in [-0.25, -0.2) is 4.68 Å². The third kappa shape index (κ3) is 4.85. The average molecular weight is 484 g/mol. The molecule has 1 aliphatic heterocycles. The molecule has 3 aromatic rings. The number of aromatic nitrogens is 5. The van der Waals surface area contributed by atoms with E-state index in [1.807, 2.05) is 0 Å². The minimum atomic E-state index is -4.48. The molecule has 0 amide bonds. The van der Waals surface area contributed by atoms with Crippen LogP contribution in [-0.2, 0) is 6.54 Å². The van der Waals surface area contributed by atoms with Gasteiger partial charge in [-0.1, -0.05) is 22.8 Å². The Hall–Kier alpha value is -3.02. The molecular formula is C20H21ClF3N7O2. The summed E-state index contributed by atoms with van der Waals surface area (Å²) in [5.41, 5.74) is 0. The second-order valence-electron chi connectivity index (χ2n) is 8.35. The van der Waals surface area contributed by atoms with E-state index in [1.54, 1.807) is 25.1 Å². The number of nitrogens with one attached hydrogen (secondary N) is 1. The second-order valence-corrected chi connectivity index (χ2v) is 8.78. The van der Waals surface area contributed by atoms with Gasteiger partial charge in [0.1, 0.15) is 12.3 Å². The van der Waals surface area contributed by atoms with Crippen LogP contribution in [0.1, 0.15) is 18.7 Å². The summed E-state index contributed by atoms with van der Waals surface area (Å²) < 4.78 is 51.0. The van der Waals surface area contributed by atoms with E-state index in [2.05, 4.69) is 30.4 Å². The largest absolute Gasteiger partial charge is 0.424 e. The van der Waals surface area contributed by atoms with Gasteiger partial charge in [0.2, 0.25) is 5.95 Å². The lowest BCUT2D eigenvalue weighted by Gasteiger charge is -2.37. The van der Waals surface area contributed by atoms with E-state index in [0.717, 1.165) is 12.8 Å². The van der Waals surface area contributed by atoms with E-state index >= 15 is 0 Å². The van der Waals surface area contributed by atoms with Crippen LogP contribution in [0.4, 0.5) is 25.1 Å². The third-order valence-electron chi connectivity index (χ3n) is 5.89. The van der Waals surface area contributed by atoms with E-state index in [0.29, 0.717) is 34.6 Å². The van der Waals surface area contributed by atoms with E-state index in [9.17, 15) is 13.2 Å². The predicted octanol–water partition coefficient (Wildman–Crippen LogP) is 4.30. The molecule has 1 aromatic carbocycles. The number of rotatable bonds is 6. The monoisotopic (exact) mass is 483 g/mol. The number of nitrogens with zero attached hydrogens (tertiary/aromatic N) is 6. The molecule has 2 aromatic heterocycles. The molecular weight excluding hydrogens is 463 g/mol. The summed E-state index contributed by atoms with van der Waals surface area (Å²) in [5.74, 6) is 1.42. The summed E-state index contributed by atoms with van der Waals surface area (Å²) in [6.45, 7) is 1.84. The topological polar surface area (TPSA) is 94.1 Å². The lowest BCUT2D eigenvalue weighted by molar-refractivity contribution is -0.143. The van der Waals surface area contributed by atoms with Crippen LogP contribution in [0.25, 0.3) is 0 Å². The maximum Gasteiger partial charge on any atom is 0.408 e. The van der Waals surface area contributed by atoms with Gasteiger partial charge in [-0.2, -0.15) is 23.1 Å². The first-order valence-electron chi connectivity index (χ1n) is 10.5. The molecule has 1 saturated heterocycles. The van der Waals surface area contributed by atoms with Gasteiger partial charge >= 0.3 is 18.2 Å². The van der Waals surface area contributed by atoms with Crippen LogP contribution in [0.5, 0.6) is 11.8 Å².